The van der Waals surface area contributed by atoms with Crippen LogP contribution in [0, 0.1) is 5.41 Å². The molecule has 3 N–H and O–H groups in total. The minimum Gasteiger partial charge on any atom is -0.385 e. The van der Waals surface area contributed by atoms with Gasteiger partial charge in [-0.25, -0.2) is 0 Å². The number of carbonyl (C=O) groups excluding carboxylic acids is 1. The van der Waals surface area contributed by atoms with Gasteiger partial charge in [0.1, 0.15) is 0 Å². The molecule has 0 aliphatic carbocycles. The van der Waals surface area contributed by atoms with Crippen molar-refractivity contribution in [3.8, 4) is 0 Å². The van der Waals surface area contributed by atoms with Gasteiger partial charge in [-0.3, -0.25) is 9.79 Å². The van der Waals surface area contributed by atoms with Crippen LogP contribution in [0.25, 0.3) is 0 Å². The van der Waals surface area contributed by atoms with Crippen molar-refractivity contribution in [1.82, 2.24) is 20.9 Å². The van der Waals surface area contributed by atoms with Crippen LogP contribution >= 0.6 is 0 Å². The van der Waals surface area contributed by atoms with E-state index in [9.17, 15) is 4.79 Å². The molecule has 0 atom stereocenters. The van der Waals surface area contributed by atoms with Crippen molar-refractivity contribution >= 4 is 11.9 Å². The molecule has 0 saturated carbocycles. The Morgan fingerprint density at radius 2 is 1.79 bits per heavy atom. The minimum absolute atomic E-state index is 0.0592. The second kappa shape index (κ2) is 13.0. The van der Waals surface area contributed by atoms with Crippen LogP contribution in [-0.4, -0.2) is 76.8 Å². The summed E-state index contributed by atoms with van der Waals surface area (Å²) in [5.74, 6) is 0.844. The number of methoxy groups -OCH3 is 1. The molecule has 0 heterocycles. The van der Waals surface area contributed by atoms with E-state index in [1.807, 2.05) is 27.7 Å². The number of hydrogen-bond acceptors (Lipinski definition) is 4. The molecular formula is C17H37N5O2. The summed E-state index contributed by atoms with van der Waals surface area (Å²) in [7, 11) is 3.82. The van der Waals surface area contributed by atoms with Crippen molar-refractivity contribution in [2.24, 2.45) is 10.4 Å². The van der Waals surface area contributed by atoms with Crippen LogP contribution in [-0.2, 0) is 9.53 Å². The second-order valence-electron chi connectivity index (χ2n) is 6.84. The van der Waals surface area contributed by atoms with Crippen LogP contribution in [0.3, 0.4) is 0 Å². The molecule has 7 nitrogen and oxygen atoms in total. The van der Waals surface area contributed by atoms with Crippen LogP contribution < -0.4 is 16.0 Å². The highest BCUT2D eigenvalue weighted by molar-refractivity contribution is 5.81. The average molecular weight is 344 g/mol. The van der Waals surface area contributed by atoms with Crippen LogP contribution in [0.2, 0.25) is 0 Å². The second-order valence-corrected chi connectivity index (χ2v) is 6.84. The van der Waals surface area contributed by atoms with Gasteiger partial charge in [-0.15, -0.1) is 0 Å². The molecule has 0 bridgehead atoms. The van der Waals surface area contributed by atoms with E-state index < -0.39 is 0 Å². The third kappa shape index (κ3) is 12.1. The Balaban J connectivity index is 4.04. The number of rotatable bonds is 11. The summed E-state index contributed by atoms with van der Waals surface area (Å²) in [4.78, 5) is 18.6. The van der Waals surface area contributed by atoms with Crippen LogP contribution in [0.15, 0.2) is 4.99 Å². The lowest BCUT2D eigenvalue weighted by Crippen LogP contribution is -2.43. The van der Waals surface area contributed by atoms with Crippen molar-refractivity contribution in [2.75, 3.05) is 60.0 Å². The standard InChI is InChI=1S/C17H37N5O2/c1-7-18-16(20-10-9-19-15(23)17(2,3)4)21-11-13-22(5)12-8-14-24-6/h7-14H2,1-6H3,(H,19,23)(H2,18,20,21). The molecule has 24 heavy (non-hydrogen) atoms. The molecule has 0 aromatic heterocycles. The van der Waals surface area contributed by atoms with E-state index in [2.05, 4.69) is 32.9 Å². The SMILES string of the molecule is CCNC(=NCCN(C)CCCOC)NCCNC(=O)C(C)(C)C. The summed E-state index contributed by atoms with van der Waals surface area (Å²) in [5.41, 5.74) is -0.355. The molecule has 7 heteroatoms. The van der Waals surface area contributed by atoms with Gasteiger partial charge in [-0.05, 0) is 20.4 Å². The first-order valence-corrected chi connectivity index (χ1v) is 8.79. The number of hydrogen-bond donors (Lipinski definition) is 3. The predicted molar refractivity (Wildman–Crippen MR) is 100 cm³/mol. The number of carbonyl (C=O) groups is 1. The molecule has 0 spiro atoms. The molecule has 0 unspecified atom stereocenters. The molecular weight excluding hydrogens is 306 g/mol. The maximum Gasteiger partial charge on any atom is 0.225 e. The molecule has 142 valence electrons. The topological polar surface area (TPSA) is 78.0 Å². The summed E-state index contributed by atoms with van der Waals surface area (Å²) in [5, 5.41) is 9.37. The van der Waals surface area contributed by atoms with E-state index in [-0.39, 0.29) is 11.3 Å². The molecule has 0 fully saturated rings. The normalized spacial score (nSPS) is 12.4. The zero-order valence-corrected chi connectivity index (χ0v) is 16.4. The van der Waals surface area contributed by atoms with E-state index in [1.54, 1.807) is 7.11 Å². The number of aliphatic imine (C=N–C) groups is 1. The summed E-state index contributed by atoms with van der Waals surface area (Å²) in [6.07, 6.45) is 1.03. The van der Waals surface area contributed by atoms with E-state index in [0.29, 0.717) is 13.1 Å². The van der Waals surface area contributed by atoms with Gasteiger partial charge < -0.3 is 25.6 Å². The Labute approximate surface area is 147 Å². The smallest absolute Gasteiger partial charge is 0.225 e. The molecule has 0 radical (unpaired) electrons. The van der Waals surface area contributed by atoms with E-state index in [4.69, 9.17) is 4.74 Å². The Morgan fingerprint density at radius 3 is 2.38 bits per heavy atom. The fraction of sp³-hybridized carbons (Fsp3) is 0.882. The zero-order chi connectivity index (χ0) is 18.4. The lowest BCUT2D eigenvalue weighted by molar-refractivity contribution is -0.128. The molecule has 0 aliphatic rings. The summed E-state index contributed by atoms with van der Waals surface area (Å²) in [6.45, 7) is 13.2. The van der Waals surface area contributed by atoms with Gasteiger partial charge in [-0.2, -0.15) is 0 Å². The van der Waals surface area contributed by atoms with Crippen molar-refractivity contribution in [1.29, 1.82) is 0 Å². The number of guanidine groups is 1. The Morgan fingerprint density at radius 1 is 1.12 bits per heavy atom. The largest absolute Gasteiger partial charge is 0.385 e. The highest BCUT2D eigenvalue weighted by atomic mass is 16.5. The lowest BCUT2D eigenvalue weighted by Gasteiger charge is -2.18. The van der Waals surface area contributed by atoms with Gasteiger partial charge in [0.25, 0.3) is 0 Å². The third-order valence-corrected chi connectivity index (χ3v) is 3.37. The quantitative estimate of drug-likeness (QED) is 0.292. The lowest BCUT2D eigenvalue weighted by atomic mass is 9.96. The van der Waals surface area contributed by atoms with Crippen LogP contribution in [0.4, 0.5) is 0 Å². The fourth-order valence-corrected chi connectivity index (χ4v) is 1.89. The van der Waals surface area contributed by atoms with Gasteiger partial charge in [0.15, 0.2) is 5.96 Å². The molecule has 0 rings (SSSR count). The van der Waals surface area contributed by atoms with Crippen LogP contribution in [0.1, 0.15) is 34.1 Å². The van der Waals surface area contributed by atoms with Crippen molar-refractivity contribution in [3.05, 3.63) is 0 Å². The van der Waals surface area contributed by atoms with E-state index >= 15 is 0 Å². The zero-order valence-electron chi connectivity index (χ0n) is 16.4. The number of nitrogens with zero attached hydrogens (tertiary/aromatic N) is 2. The first-order valence-electron chi connectivity index (χ1n) is 8.79. The van der Waals surface area contributed by atoms with Crippen molar-refractivity contribution in [2.45, 2.75) is 34.1 Å². The third-order valence-electron chi connectivity index (χ3n) is 3.37. The van der Waals surface area contributed by atoms with Gasteiger partial charge in [0.2, 0.25) is 5.91 Å². The number of nitrogens with one attached hydrogen (secondary N) is 3. The Bertz CT molecular complexity index is 366. The number of likely N-dealkylation sites (N-methyl/N-ethyl adjacent to an activating group) is 1. The van der Waals surface area contributed by atoms with E-state index in [0.717, 1.165) is 45.2 Å². The first kappa shape index (κ1) is 22.7. The Hall–Kier alpha value is -1.34. The average Bonchev–Trinajstić information content (AvgIpc) is 2.50. The molecule has 0 aromatic rings. The summed E-state index contributed by atoms with van der Waals surface area (Å²) >= 11 is 0. The predicted octanol–water partition coefficient (Wildman–Crippen LogP) is 0.672. The van der Waals surface area contributed by atoms with Crippen molar-refractivity contribution in [3.63, 3.8) is 0 Å². The van der Waals surface area contributed by atoms with Crippen LogP contribution in [0.5, 0.6) is 0 Å². The molecule has 1 amide bonds. The van der Waals surface area contributed by atoms with Gasteiger partial charge in [-0.1, -0.05) is 20.8 Å². The first-order chi connectivity index (χ1) is 11.3. The number of amides is 1. The van der Waals surface area contributed by atoms with Gasteiger partial charge in [0.05, 0.1) is 6.54 Å². The monoisotopic (exact) mass is 343 g/mol. The highest BCUT2D eigenvalue weighted by Gasteiger charge is 2.20. The molecule has 0 aromatic carbocycles. The molecule has 0 saturated heterocycles. The van der Waals surface area contributed by atoms with Gasteiger partial charge in [0, 0.05) is 51.9 Å². The van der Waals surface area contributed by atoms with Crippen molar-refractivity contribution < 1.29 is 9.53 Å². The van der Waals surface area contributed by atoms with E-state index in [1.165, 1.54) is 0 Å². The molecule has 0 aliphatic heterocycles. The summed E-state index contributed by atoms with van der Waals surface area (Å²) < 4.78 is 5.06. The highest BCUT2D eigenvalue weighted by Crippen LogP contribution is 2.11. The van der Waals surface area contributed by atoms with Gasteiger partial charge >= 0.3 is 0 Å². The number of ether oxygens (including phenoxy) is 1. The maximum atomic E-state index is 11.8. The minimum atomic E-state index is -0.355. The Kier molecular flexibility index (Phi) is 12.3. The summed E-state index contributed by atoms with van der Waals surface area (Å²) in [6, 6.07) is 0. The fourth-order valence-electron chi connectivity index (χ4n) is 1.89. The maximum absolute atomic E-state index is 11.8.